The fourth-order valence-electron chi connectivity index (χ4n) is 3.07. The summed E-state index contributed by atoms with van der Waals surface area (Å²) in [6.45, 7) is 6.16. The highest BCUT2D eigenvalue weighted by Crippen LogP contribution is 2.45. The molecule has 4 nitrogen and oxygen atoms in total. The highest BCUT2D eigenvalue weighted by atomic mass is 16.5. The van der Waals surface area contributed by atoms with E-state index in [1.54, 1.807) is 0 Å². The highest BCUT2D eigenvalue weighted by Gasteiger charge is 2.49. The molecule has 0 aromatic carbocycles. The Hall–Kier alpha value is -0.610. The lowest BCUT2D eigenvalue weighted by Crippen LogP contribution is -2.50. The van der Waals surface area contributed by atoms with E-state index in [1.807, 2.05) is 0 Å². The van der Waals surface area contributed by atoms with E-state index in [0.29, 0.717) is 18.8 Å². The van der Waals surface area contributed by atoms with Gasteiger partial charge in [0.15, 0.2) is 5.60 Å². The van der Waals surface area contributed by atoms with Crippen LogP contribution >= 0.6 is 0 Å². The first-order chi connectivity index (χ1) is 7.31. The molecule has 2 N–H and O–H groups in total. The van der Waals surface area contributed by atoms with Crippen LogP contribution in [0.2, 0.25) is 0 Å². The van der Waals surface area contributed by atoms with Crippen molar-refractivity contribution in [1.82, 2.24) is 0 Å². The van der Waals surface area contributed by atoms with E-state index in [4.69, 9.17) is 9.84 Å². The molecule has 0 spiro atoms. The SMILES string of the molecule is CC1CC(C)(C)CC(OCCO)(C(=O)O)C1. The van der Waals surface area contributed by atoms with E-state index >= 15 is 0 Å². The van der Waals surface area contributed by atoms with Crippen molar-refractivity contribution in [3.63, 3.8) is 0 Å². The Labute approximate surface area is 96.6 Å². The first-order valence-electron chi connectivity index (χ1n) is 5.79. The molecular weight excluding hydrogens is 208 g/mol. The second-order valence-corrected chi connectivity index (χ2v) is 5.73. The Bertz CT molecular complexity index is 262. The maximum absolute atomic E-state index is 11.4. The highest BCUT2D eigenvalue weighted by molar-refractivity contribution is 5.77. The van der Waals surface area contributed by atoms with E-state index in [1.165, 1.54) is 0 Å². The first-order valence-corrected chi connectivity index (χ1v) is 5.79. The summed E-state index contributed by atoms with van der Waals surface area (Å²) >= 11 is 0. The van der Waals surface area contributed by atoms with Crippen LogP contribution in [-0.2, 0) is 9.53 Å². The molecule has 2 unspecified atom stereocenters. The topological polar surface area (TPSA) is 66.8 Å². The van der Waals surface area contributed by atoms with Gasteiger partial charge in [-0.05, 0) is 30.6 Å². The largest absolute Gasteiger partial charge is 0.479 e. The molecule has 0 heterocycles. The predicted molar refractivity (Wildman–Crippen MR) is 60.2 cm³/mol. The van der Waals surface area contributed by atoms with Gasteiger partial charge in [-0.3, -0.25) is 0 Å². The van der Waals surface area contributed by atoms with Crippen molar-refractivity contribution >= 4 is 5.97 Å². The number of carboxylic acids is 1. The molecule has 94 valence electrons. The second-order valence-electron chi connectivity index (χ2n) is 5.73. The fourth-order valence-corrected chi connectivity index (χ4v) is 3.07. The Morgan fingerprint density at radius 2 is 2.06 bits per heavy atom. The maximum Gasteiger partial charge on any atom is 0.335 e. The zero-order valence-electron chi connectivity index (χ0n) is 10.3. The van der Waals surface area contributed by atoms with Gasteiger partial charge in [0.05, 0.1) is 13.2 Å². The molecule has 0 saturated heterocycles. The number of ether oxygens (including phenoxy) is 1. The molecule has 1 aliphatic rings. The lowest BCUT2D eigenvalue weighted by molar-refractivity contribution is -0.181. The zero-order chi connectivity index (χ0) is 12.4. The molecule has 4 heteroatoms. The van der Waals surface area contributed by atoms with Crippen molar-refractivity contribution in [2.45, 2.75) is 45.6 Å². The number of carboxylic acid groups (broad SMARTS) is 1. The lowest BCUT2D eigenvalue weighted by Gasteiger charge is -2.44. The van der Waals surface area contributed by atoms with Crippen LogP contribution in [-0.4, -0.2) is 35.0 Å². The van der Waals surface area contributed by atoms with Crippen LogP contribution in [0.1, 0.15) is 40.0 Å². The van der Waals surface area contributed by atoms with Crippen molar-refractivity contribution in [2.24, 2.45) is 11.3 Å². The average molecular weight is 230 g/mol. The third-order valence-electron chi connectivity index (χ3n) is 3.20. The van der Waals surface area contributed by atoms with Crippen LogP contribution in [0.25, 0.3) is 0 Å². The van der Waals surface area contributed by atoms with Gasteiger partial charge in [-0.15, -0.1) is 0 Å². The molecule has 0 aromatic heterocycles. The number of hydrogen-bond acceptors (Lipinski definition) is 3. The van der Waals surface area contributed by atoms with Crippen LogP contribution in [0.15, 0.2) is 0 Å². The molecule has 0 aliphatic heterocycles. The lowest BCUT2D eigenvalue weighted by atomic mass is 9.65. The van der Waals surface area contributed by atoms with E-state index in [2.05, 4.69) is 20.8 Å². The van der Waals surface area contributed by atoms with E-state index in [9.17, 15) is 9.90 Å². The summed E-state index contributed by atoms with van der Waals surface area (Å²) in [5.41, 5.74) is -1.13. The van der Waals surface area contributed by atoms with E-state index in [0.717, 1.165) is 6.42 Å². The number of aliphatic hydroxyl groups is 1. The molecule has 16 heavy (non-hydrogen) atoms. The van der Waals surface area contributed by atoms with Crippen molar-refractivity contribution in [2.75, 3.05) is 13.2 Å². The Morgan fingerprint density at radius 3 is 2.50 bits per heavy atom. The molecule has 1 fully saturated rings. The summed E-state index contributed by atoms with van der Waals surface area (Å²) in [6.07, 6.45) is 2.07. The predicted octanol–water partition coefficient (Wildman–Crippen LogP) is 1.66. The van der Waals surface area contributed by atoms with Crippen molar-refractivity contribution in [3.05, 3.63) is 0 Å². The summed E-state index contributed by atoms with van der Waals surface area (Å²) in [5.74, 6) is -0.570. The van der Waals surface area contributed by atoms with Crippen molar-refractivity contribution < 1.29 is 19.7 Å². The smallest absolute Gasteiger partial charge is 0.335 e. The zero-order valence-corrected chi connectivity index (χ0v) is 10.3. The standard InChI is InChI=1S/C12H22O4/c1-9-6-11(2,3)8-12(7-9,10(14)15)16-5-4-13/h9,13H,4-8H2,1-3H3,(H,14,15). The van der Waals surface area contributed by atoms with Gasteiger partial charge in [0.1, 0.15) is 0 Å². The van der Waals surface area contributed by atoms with Crippen LogP contribution in [0.5, 0.6) is 0 Å². The third kappa shape index (κ3) is 2.95. The number of aliphatic hydroxyl groups excluding tert-OH is 1. The monoisotopic (exact) mass is 230 g/mol. The van der Waals surface area contributed by atoms with Gasteiger partial charge < -0.3 is 14.9 Å². The van der Waals surface area contributed by atoms with Gasteiger partial charge in [-0.2, -0.15) is 0 Å². The van der Waals surface area contributed by atoms with Crippen molar-refractivity contribution in [1.29, 1.82) is 0 Å². The average Bonchev–Trinajstić information content (AvgIpc) is 2.11. The molecule has 1 aliphatic carbocycles. The summed E-state index contributed by atoms with van der Waals surface area (Å²) < 4.78 is 5.44. The Kier molecular flexibility index (Phi) is 3.97. The van der Waals surface area contributed by atoms with Crippen LogP contribution in [0.3, 0.4) is 0 Å². The van der Waals surface area contributed by atoms with Crippen molar-refractivity contribution in [3.8, 4) is 0 Å². The minimum absolute atomic E-state index is 0.0223. The molecule has 0 radical (unpaired) electrons. The van der Waals surface area contributed by atoms with Crippen LogP contribution < -0.4 is 0 Å². The van der Waals surface area contributed by atoms with Gasteiger partial charge in [0.25, 0.3) is 0 Å². The minimum Gasteiger partial charge on any atom is -0.479 e. The quantitative estimate of drug-likeness (QED) is 0.771. The minimum atomic E-state index is -1.11. The van der Waals surface area contributed by atoms with Crippen LogP contribution in [0, 0.1) is 11.3 Å². The molecule has 2 atom stereocenters. The van der Waals surface area contributed by atoms with Gasteiger partial charge in [0, 0.05) is 0 Å². The van der Waals surface area contributed by atoms with Gasteiger partial charge >= 0.3 is 5.97 Å². The second kappa shape index (κ2) is 4.72. The van der Waals surface area contributed by atoms with Gasteiger partial charge in [-0.1, -0.05) is 20.8 Å². The van der Waals surface area contributed by atoms with E-state index in [-0.39, 0.29) is 18.6 Å². The molecule has 0 amide bonds. The van der Waals surface area contributed by atoms with Crippen LogP contribution in [0.4, 0.5) is 0 Å². The normalized spacial score (nSPS) is 33.6. The molecule has 0 bridgehead atoms. The number of rotatable bonds is 4. The molecule has 1 saturated carbocycles. The molecule has 1 rings (SSSR count). The summed E-state index contributed by atoms with van der Waals surface area (Å²) in [5, 5.41) is 18.1. The third-order valence-corrected chi connectivity index (χ3v) is 3.20. The summed E-state index contributed by atoms with van der Waals surface area (Å²) in [7, 11) is 0. The summed E-state index contributed by atoms with van der Waals surface area (Å²) in [4.78, 5) is 11.4. The first kappa shape index (κ1) is 13.5. The Balaban J connectivity index is 2.87. The number of carbonyl (C=O) groups is 1. The van der Waals surface area contributed by atoms with E-state index < -0.39 is 11.6 Å². The fraction of sp³-hybridized carbons (Fsp3) is 0.917. The number of aliphatic carboxylic acids is 1. The Morgan fingerprint density at radius 1 is 1.44 bits per heavy atom. The van der Waals surface area contributed by atoms with Gasteiger partial charge in [-0.25, -0.2) is 4.79 Å². The molecular formula is C12H22O4. The molecule has 0 aromatic rings. The van der Waals surface area contributed by atoms with Gasteiger partial charge in [0.2, 0.25) is 0 Å². The summed E-state index contributed by atoms with van der Waals surface area (Å²) in [6, 6.07) is 0. The number of hydrogen-bond donors (Lipinski definition) is 2. The maximum atomic E-state index is 11.4.